The van der Waals surface area contributed by atoms with E-state index in [1.54, 1.807) is 0 Å². The Morgan fingerprint density at radius 1 is 1.17 bits per heavy atom. The van der Waals surface area contributed by atoms with Crippen molar-refractivity contribution in [2.24, 2.45) is 5.92 Å². The Morgan fingerprint density at radius 2 is 1.61 bits per heavy atom. The molecule has 1 heterocycles. The van der Waals surface area contributed by atoms with Crippen LogP contribution in [0.4, 0.5) is 0 Å². The van der Waals surface area contributed by atoms with Crippen LogP contribution in [-0.2, 0) is 14.3 Å². The monoisotopic (exact) mass is 262 g/mol. The molecule has 1 aliphatic rings. The van der Waals surface area contributed by atoms with Gasteiger partial charge in [0.15, 0.2) is 0 Å². The molecule has 0 radical (unpaired) electrons. The third kappa shape index (κ3) is 24.4. The number of ether oxygens (including phenoxy) is 1. The van der Waals surface area contributed by atoms with Gasteiger partial charge >= 0.3 is 0 Å². The van der Waals surface area contributed by atoms with Gasteiger partial charge < -0.3 is 24.5 Å². The second kappa shape index (κ2) is 21.5. The second-order valence-corrected chi connectivity index (χ2v) is 4.20. The fourth-order valence-corrected chi connectivity index (χ4v) is 1.09. The third-order valence-corrected chi connectivity index (χ3v) is 2.21. The number of likely N-dealkylation sites (N-methyl/N-ethyl adjacent to an activating group) is 1. The molecule has 0 amide bonds. The number of carbonyl (C=O) groups is 2. The van der Waals surface area contributed by atoms with E-state index in [0.29, 0.717) is 0 Å². The van der Waals surface area contributed by atoms with Crippen LogP contribution in [0.1, 0.15) is 20.3 Å². The first-order valence-corrected chi connectivity index (χ1v) is 6.15. The van der Waals surface area contributed by atoms with Crippen molar-refractivity contribution in [1.29, 1.82) is 0 Å². The summed E-state index contributed by atoms with van der Waals surface area (Å²) in [4.78, 5) is 18.3. The van der Waals surface area contributed by atoms with Gasteiger partial charge in [-0.3, -0.25) is 0 Å². The van der Waals surface area contributed by atoms with Gasteiger partial charge in [-0.25, -0.2) is 0 Å². The molecule has 1 N–H and O–H groups in total. The van der Waals surface area contributed by atoms with Crippen LogP contribution in [0.5, 0.6) is 0 Å². The summed E-state index contributed by atoms with van der Waals surface area (Å²) in [6.45, 7) is 13.6. The summed E-state index contributed by atoms with van der Waals surface area (Å²) in [5.41, 5.74) is 0. The van der Waals surface area contributed by atoms with Crippen LogP contribution in [0, 0.1) is 5.92 Å². The van der Waals surface area contributed by atoms with Crippen LogP contribution >= 0.6 is 0 Å². The van der Waals surface area contributed by atoms with Crippen molar-refractivity contribution in [3.05, 3.63) is 0 Å². The van der Waals surface area contributed by atoms with E-state index in [2.05, 4.69) is 31.1 Å². The van der Waals surface area contributed by atoms with Crippen molar-refractivity contribution in [3.8, 4) is 0 Å². The van der Waals surface area contributed by atoms with Crippen LogP contribution in [0.25, 0.3) is 0 Å². The van der Waals surface area contributed by atoms with Crippen molar-refractivity contribution in [3.63, 3.8) is 0 Å². The Hall–Kier alpha value is -0.780. The maximum absolute atomic E-state index is 8.00. The van der Waals surface area contributed by atoms with E-state index in [9.17, 15) is 0 Å². The van der Waals surface area contributed by atoms with E-state index in [-0.39, 0.29) is 0 Å². The lowest BCUT2D eigenvalue weighted by Gasteiger charge is -2.21. The largest absolute Gasteiger partial charge is 0.379 e. The lowest BCUT2D eigenvalue weighted by atomic mass is 10.1. The van der Waals surface area contributed by atoms with Crippen molar-refractivity contribution in [2.75, 3.05) is 46.9 Å². The van der Waals surface area contributed by atoms with E-state index in [1.165, 1.54) is 6.42 Å². The van der Waals surface area contributed by atoms with Crippen LogP contribution in [-0.4, -0.2) is 65.4 Å². The zero-order valence-electron chi connectivity index (χ0n) is 12.4. The molecule has 0 bridgehead atoms. The predicted molar refractivity (Wildman–Crippen MR) is 75.9 cm³/mol. The van der Waals surface area contributed by atoms with Gasteiger partial charge in [0.1, 0.15) is 13.6 Å². The summed E-state index contributed by atoms with van der Waals surface area (Å²) in [5.74, 6) is 0.840. The van der Waals surface area contributed by atoms with Crippen LogP contribution in [0.15, 0.2) is 0 Å². The third-order valence-electron chi connectivity index (χ3n) is 2.21. The Balaban J connectivity index is -0.000000196. The Labute approximate surface area is 112 Å². The Bertz CT molecular complexity index is 138. The summed E-state index contributed by atoms with van der Waals surface area (Å²) in [6, 6.07) is 0. The zero-order valence-corrected chi connectivity index (χ0v) is 12.4. The molecule has 0 atom stereocenters. The lowest BCUT2D eigenvalue weighted by Crippen LogP contribution is -2.32. The summed E-state index contributed by atoms with van der Waals surface area (Å²) in [5, 5.41) is 3.10. The van der Waals surface area contributed by atoms with Gasteiger partial charge in [0.2, 0.25) is 0 Å². The molecule has 1 fully saturated rings. The Kier molecular flexibility index (Phi) is 26.8. The highest BCUT2D eigenvalue weighted by Crippen LogP contribution is 1.95. The van der Waals surface area contributed by atoms with Gasteiger partial charge in [-0.1, -0.05) is 13.8 Å². The predicted octanol–water partition coefficient (Wildman–Crippen LogP) is 0.831. The van der Waals surface area contributed by atoms with Crippen molar-refractivity contribution >= 4 is 13.6 Å². The first-order chi connectivity index (χ1) is 8.66. The van der Waals surface area contributed by atoms with E-state index < -0.39 is 0 Å². The fourth-order valence-electron chi connectivity index (χ4n) is 1.09. The van der Waals surface area contributed by atoms with Crippen molar-refractivity contribution in [1.82, 2.24) is 10.2 Å². The van der Waals surface area contributed by atoms with Gasteiger partial charge in [0.05, 0.1) is 13.2 Å². The van der Waals surface area contributed by atoms with Crippen LogP contribution in [0.3, 0.4) is 0 Å². The lowest BCUT2D eigenvalue weighted by molar-refractivity contribution is -0.0987. The average Bonchev–Trinajstić information content (AvgIpc) is 2.42. The van der Waals surface area contributed by atoms with Crippen molar-refractivity contribution in [2.45, 2.75) is 20.3 Å². The number of nitrogens with one attached hydrogen (secondary N) is 1. The number of carbonyl (C=O) groups excluding carboxylic acids is 2. The zero-order chi connectivity index (χ0) is 14.8. The van der Waals surface area contributed by atoms with E-state index >= 15 is 0 Å². The van der Waals surface area contributed by atoms with Crippen LogP contribution in [0.2, 0.25) is 0 Å². The molecule has 5 heteroatoms. The summed E-state index contributed by atoms with van der Waals surface area (Å²) >= 11 is 0. The van der Waals surface area contributed by atoms with Crippen LogP contribution < -0.4 is 5.32 Å². The molecule has 110 valence electrons. The summed E-state index contributed by atoms with van der Waals surface area (Å²) < 4.78 is 5.10. The van der Waals surface area contributed by atoms with Gasteiger partial charge in [-0.15, -0.1) is 0 Å². The topological polar surface area (TPSA) is 58.6 Å². The smallest absolute Gasteiger partial charge is 0.106 e. The molecule has 1 aliphatic heterocycles. The van der Waals surface area contributed by atoms with Gasteiger partial charge in [0.25, 0.3) is 0 Å². The highest BCUT2D eigenvalue weighted by atomic mass is 16.5. The summed E-state index contributed by atoms with van der Waals surface area (Å²) in [7, 11) is 4.10. The van der Waals surface area contributed by atoms with E-state index in [1.807, 2.05) is 20.6 Å². The molecule has 0 aliphatic carbocycles. The van der Waals surface area contributed by atoms with E-state index in [0.717, 1.165) is 38.8 Å². The van der Waals surface area contributed by atoms with Gasteiger partial charge in [0, 0.05) is 13.1 Å². The van der Waals surface area contributed by atoms with E-state index in [4.69, 9.17) is 14.3 Å². The molecule has 18 heavy (non-hydrogen) atoms. The molecule has 5 nitrogen and oxygen atoms in total. The standard InChI is InChI=1S/C6H15N.C5H11NO.2CH2O/c1-6(2)4-5-7-3;1-6-2-4-7-5-3-6;2*1-2/h6-7H,4-5H2,1-3H3;2-5H2,1H3;2*1H2. The fraction of sp³-hybridized carbons (Fsp3) is 0.846. The normalized spacial score (nSPS) is 14.3. The SMILES string of the molecule is C=O.C=O.CN1CCOCC1.CNCCC(C)C. The molecule has 0 unspecified atom stereocenters. The maximum Gasteiger partial charge on any atom is 0.106 e. The summed E-state index contributed by atoms with van der Waals surface area (Å²) in [6.07, 6.45) is 1.29. The number of hydrogen-bond donors (Lipinski definition) is 1. The van der Waals surface area contributed by atoms with Crippen molar-refractivity contribution < 1.29 is 14.3 Å². The number of hydrogen-bond acceptors (Lipinski definition) is 5. The molecule has 0 saturated carbocycles. The molecule has 0 aromatic carbocycles. The molecule has 0 aromatic heterocycles. The van der Waals surface area contributed by atoms with Gasteiger partial charge in [-0.05, 0) is 33.0 Å². The molecule has 1 rings (SSSR count). The number of rotatable bonds is 3. The molecule has 1 saturated heterocycles. The number of morpholine rings is 1. The minimum absolute atomic E-state index is 0.840. The molecular formula is C13H30N2O3. The number of nitrogens with zero attached hydrogens (tertiary/aromatic N) is 1. The minimum atomic E-state index is 0.840. The quantitative estimate of drug-likeness (QED) is 0.816. The average molecular weight is 262 g/mol. The molecular weight excluding hydrogens is 232 g/mol. The highest BCUT2D eigenvalue weighted by molar-refractivity contribution is 5.11. The Morgan fingerprint density at radius 3 is 1.78 bits per heavy atom. The first-order valence-electron chi connectivity index (χ1n) is 6.15. The minimum Gasteiger partial charge on any atom is -0.379 e. The maximum atomic E-state index is 8.00. The highest BCUT2D eigenvalue weighted by Gasteiger charge is 2.02. The molecule has 0 spiro atoms. The second-order valence-electron chi connectivity index (χ2n) is 4.20. The van der Waals surface area contributed by atoms with Gasteiger partial charge in [-0.2, -0.15) is 0 Å². The molecule has 0 aromatic rings. The first kappa shape index (κ1) is 22.4.